The first-order chi connectivity index (χ1) is 15.1. The summed E-state index contributed by atoms with van der Waals surface area (Å²) in [5, 5.41) is 13.2. The third-order valence-electron chi connectivity index (χ3n) is 5.05. The standard InChI is InChI=1S/C21H22N8O2/c1-14-11-25-21(26-12-14)28-6-4-17(5-7-28)31-19-8-20(30)29(27-18(19)10-23)16-3-2-15(9-22)24-13-16/h2-3,8,11-13,17H,4-7,10,23H2,1H3. The van der Waals surface area contributed by atoms with E-state index in [-0.39, 0.29) is 23.9 Å². The van der Waals surface area contributed by atoms with E-state index in [2.05, 4.69) is 25.0 Å². The van der Waals surface area contributed by atoms with Gasteiger partial charge in [0.15, 0.2) is 0 Å². The molecule has 0 amide bonds. The molecule has 0 radical (unpaired) electrons. The van der Waals surface area contributed by atoms with E-state index >= 15 is 0 Å². The number of piperidine rings is 1. The summed E-state index contributed by atoms with van der Waals surface area (Å²) >= 11 is 0. The zero-order chi connectivity index (χ0) is 21.8. The van der Waals surface area contributed by atoms with Crippen molar-refractivity contribution >= 4 is 5.95 Å². The lowest BCUT2D eigenvalue weighted by atomic mass is 10.1. The van der Waals surface area contributed by atoms with Crippen molar-refractivity contribution < 1.29 is 4.74 Å². The molecule has 0 aromatic carbocycles. The summed E-state index contributed by atoms with van der Waals surface area (Å²) in [7, 11) is 0. The van der Waals surface area contributed by atoms with E-state index in [9.17, 15) is 4.79 Å². The summed E-state index contributed by atoms with van der Waals surface area (Å²) < 4.78 is 7.32. The topological polar surface area (TPSA) is 136 Å². The predicted molar refractivity (Wildman–Crippen MR) is 113 cm³/mol. The first kappa shape index (κ1) is 20.4. The number of nitriles is 1. The van der Waals surface area contributed by atoms with Crippen LogP contribution in [0.3, 0.4) is 0 Å². The molecule has 0 bridgehead atoms. The number of hydrogen-bond acceptors (Lipinski definition) is 9. The smallest absolute Gasteiger partial charge is 0.275 e. The molecule has 10 nitrogen and oxygen atoms in total. The molecule has 0 aliphatic carbocycles. The van der Waals surface area contributed by atoms with Gasteiger partial charge in [0.1, 0.15) is 29.3 Å². The van der Waals surface area contributed by atoms with Crippen molar-refractivity contribution in [3.8, 4) is 17.5 Å². The average molecular weight is 418 g/mol. The number of rotatable bonds is 5. The Morgan fingerprint density at radius 2 is 1.94 bits per heavy atom. The fraction of sp³-hybridized carbons (Fsp3) is 0.333. The Morgan fingerprint density at radius 3 is 2.55 bits per heavy atom. The van der Waals surface area contributed by atoms with Gasteiger partial charge in [0, 0.05) is 50.9 Å². The zero-order valence-corrected chi connectivity index (χ0v) is 17.1. The van der Waals surface area contributed by atoms with Crippen LogP contribution in [-0.2, 0) is 6.54 Å². The molecule has 0 unspecified atom stereocenters. The highest BCUT2D eigenvalue weighted by molar-refractivity contribution is 5.35. The van der Waals surface area contributed by atoms with Crippen LogP contribution in [-0.4, -0.2) is 43.9 Å². The SMILES string of the molecule is Cc1cnc(N2CCC(Oc3cc(=O)n(-c4ccc(C#N)nc4)nc3CN)CC2)nc1. The van der Waals surface area contributed by atoms with Crippen LogP contribution in [0.4, 0.5) is 5.95 Å². The first-order valence-corrected chi connectivity index (χ1v) is 9.97. The monoisotopic (exact) mass is 418 g/mol. The number of hydrogen-bond donors (Lipinski definition) is 1. The van der Waals surface area contributed by atoms with Crippen LogP contribution in [0.5, 0.6) is 5.75 Å². The lowest BCUT2D eigenvalue weighted by Gasteiger charge is -2.32. The molecular weight excluding hydrogens is 396 g/mol. The largest absolute Gasteiger partial charge is 0.488 e. The Balaban J connectivity index is 1.47. The Hall–Kier alpha value is -3.84. The van der Waals surface area contributed by atoms with Crippen molar-refractivity contribution in [2.24, 2.45) is 5.73 Å². The van der Waals surface area contributed by atoms with Crippen molar-refractivity contribution in [3.63, 3.8) is 0 Å². The Labute approximate surface area is 179 Å². The number of nitrogens with two attached hydrogens (primary N) is 1. The molecule has 158 valence electrons. The van der Waals surface area contributed by atoms with E-state index in [1.54, 1.807) is 6.07 Å². The summed E-state index contributed by atoms with van der Waals surface area (Å²) in [5.74, 6) is 1.11. The minimum atomic E-state index is -0.357. The van der Waals surface area contributed by atoms with E-state index in [4.69, 9.17) is 15.7 Å². The molecule has 0 atom stereocenters. The molecule has 0 saturated carbocycles. The number of ether oxygens (including phenoxy) is 1. The summed E-state index contributed by atoms with van der Waals surface area (Å²) in [6, 6.07) is 6.49. The molecule has 1 aliphatic heterocycles. The third-order valence-corrected chi connectivity index (χ3v) is 5.05. The van der Waals surface area contributed by atoms with E-state index in [0.717, 1.165) is 31.5 Å². The molecule has 2 N–H and O–H groups in total. The van der Waals surface area contributed by atoms with Crippen molar-refractivity contribution in [3.05, 3.63) is 64.1 Å². The van der Waals surface area contributed by atoms with Gasteiger partial charge in [-0.3, -0.25) is 4.79 Å². The normalized spacial score (nSPS) is 14.3. The van der Waals surface area contributed by atoms with E-state index in [0.29, 0.717) is 23.1 Å². The number of nitrogens with zero attached hydrogens (tertiary/aromatic N) is 7. The van der Waals surface area contributed by atoms with Gasteiger partial charge in [-0.2, -0.15) is 15.0 Å². The molecule has 1 fully saturated rings. The van der Waals surface area contributed by atoms with Gasteiger partial charge < -0.3 is 15.4 Å². The van der Waals surface area contributed by atoms with Gasteiger partial charge in [0.2, 0.25) is 5.95 Å². The first-order valence-electron chi connectivity index (χ1n) is 9.97. The van der Waals surface area contributed by atoms with Crippen LogP contribution in [0.2, 0.25) is 0 Å². The maximum atomic E-state index is 12.6. The van der Waals surface area contributed by atoms with E-state index in [1.165, 1.54) is 23.0 Å². The Kier molecular flexibility index (Phi) is 5.86. The molecule has 3 aromatic rings. The molecule has 1 aliphatic rings. The van der Waals surface area contributed by atoms with Crippen LogP contribution < -0.4 is 20.9 Å². The van der Waals surface area contributed by atoms with Gasteiger partial charge in [0.25, 0.3) is 5.56 Å². The average Bonchev–Trinajstić information content (AvgIpc) is 2.80. The molecule has 0 spiro atoms. The second-order valence-electron chi connectivity index (χ2n) is 7.29. The second-order valence-corrected chi connectivity index (χ2v) is 7.29. The summed E-state index contributed by atoms with van der Waals surface area (Å²) in [5.41, 5.74) is 7.73. The Bertz CT molecular complexity index is 1140. The fourth-order valence-electron chi connectivity index (χ4n) is 3.38. The number of aromatic nitrogens is 5. The third kappa shape index (κ3) is 4.51. The molecule has 1 saturated heterocycles. The van der Waals surface area contributed by atoms with Crippen molar-refractivity contribution in [1.29, 1.82) is 5.26 Å². The molecule has 4 rings (SSSR count). The highest BCUT2D eigenvalue weighted by Gasteiger charge is 2.23. The number of pyridine rings is 1. The zero-order valence-electron chi connectivity index (χ0n) is 17.1. The van der Waals surface area contributed by atoms with Gasteiger partial charge in [-0.1, -0.05) is 0 Å². The molecule has 31 heavy (non-hydrogen) atoms. The minimum absolute atomic E-state index is 0.0550. The van der Waals surface area contributed by atoms with E-state index < -0.39 is 0 Å². The molecule has 3 aromatic heterocycles. The lowest BCUT2D eigenvalue weighted by Crippen LogP contribution is -2.39. The molecular formula is C21H22N8O2. The van der Waals surface area contributed by atoms with Gasteiger partial charge in [-0.05, 0) is 24.6 Å². The van der Waals surface area contributed by atoms with Crippen LogP contribution in [0, 0.1) is 18.3 Å². The number of aryl methyl sites for hydroxylation is 1. The van der Waals surface area contributed by atoms with Crippen LogP contribution in [0.1, 0.15) is 29.8 Å². The second kappa shape index (κ2) is 8.89. The van der Waals surface area contributed by atoms with Gasteiger partial charge in [0.05, 0.1) is 11.9 Å². The van der Waals surface area contributed by atoms with E-state index in [1.807, 2.05) is 25.4 Å². The lowest BCUT2D eigenvalue weighted by molar-refractivity contribution is 0.167. The van der Waals surface area contributed by atoms with Crippen molar-refractivity contribution in [2.75, 3.05) is 18.0 Å². The number of anilines is 1. The highest BCUT2D eigenvalue weighted by Crippen LogP contribution is 2.22. The maximum Gasteiger partial charge on any atom is 0.275 e. The summed E-state index contributed by atoms with van der Waals surface area (Å²) in [4.78, 5) is 27.5. The minimum Gasteiger partial charge on any atom is -0.488 e. The van der Waals surface area contributed by atoms with Crippen LogP contribution in [0.15, 0.2) is 41.6 Å². The predicted octanol–water partition coefficient (Wildman–Crippen LogP) is 1.10. The fourth-order valence-corrected chi connectivity index (χ4v) is 3.38. The summed E-state index contributed by atoms with van der Waals surface area (Å²) in [6.07, 6.45) is 6.52. The van der Waals surface area contributed by atoms with Gasteiger partial charge >= 0.3 is 0 Å². The van der Waals surface area contributed by atoms with Gasteiger partial charge in [-0.15, -0.1) is 0 Å². The highest BCUT2D eigenvalue weighted by atomic mass is 16.5. The van der Waals surface area contributed by atoms with Crippen LogP contribution in [0.25, 0.3) is 5.69 Å². The maximum absolute atomic E-state index is 12.6. The van der Waals surface area contributed by atoms with Gasteiger partial charge in [-0.25, -0.2) is 15.0 Å². The molecule has 4 heterocycles. The quantitative estimate of drug-likeness (QED) is 0.646. The van der Waals surface area contributed by atoms with Crippen molar-refractivity contribution in [2.45, 2.75) is 32.4 Å². The molecule has 10 heteroatoms. The van der Waals surface area contributed by atoms with Crippen molar-refractivity contribution in [1.82, 2.24) is 24.7 Å². The summed E-state index contributed by atoms with van der Waals surface area (Å²) in [6.45, 7) is 3.59. The van der Waals surface area contributed by atoms with Crippen LogP contribution >= 0.6 is 0 Å². The Morgan fingerprint density at radius 1 is 1.19 bits per heavy atom.